The van der Waals surface area contributed by atoms with Crippen LogP contribution >= 0.6 is 0 Å². The highest BCUT2D eigenvalue weighted by Crippen LogP contribution is 2.20. The van der Waals surface area contributed by atoms with Crippen molar-refractivity contribution >= 4 is 17.6 Å². The fraction of sp³-hybridized carbons (Fsp3) is 0.300. The highest BCUT2D eigenvalue weighted by Gasteiger charge is 2.38. The first-order chi connectivity index (χ1) is 12.5. The van der Waals surface area contributed by atoms with E-state index in [1.54, 1.807) is 12.1 Å². The summed E-state index contributed by atoms with van der Waals surface area (Å²) in [5, 5.41) is 15.6. The van der Waals surface area contributed by atoms with Crippen molar-refractivity contribution in [3.63, 3.8) is 0 Å². The number of nitrogens with zero attached hydrogens (tertiary/aromatic N) is 1. The Labute approximate surface area is 152 Å². The Morgan fingerprint density at radius 2 is 1.81 bits per heavy atom. The Balaban J connectivity index is 1.64. The Morgan fingerprint density at radius 1 is 1.12 bits per heavy atom. The minimum absolute atomic E-state index is 0.140. The van der Waals surface area contributed by atoms with Crippen molar-refractivity contribution in [1.82, 2.24) is 10.2 Å². The first-order valence-electron chi connectivity index (χ1n) is 8.67. The van der Waals surface area contributed by atoms with Gasteiger partial charge in [0.05, 0.1) is 6.10 Å². The topological polar surface area (TPSA) is 81.7 Å². The van der Waals surface area contributed by atoms with Gasteiger partial charge in [0, 0.05) is 25.2 Å². The number of hydrogen-bond donors (Lipinski definition) is 3. The van der Waals surface area contributed by atoms with E-state index in [1.807, 2.05) is 49.4 Å². The number of β-amino-alcohol motifs (C(OH)–C–C–N with tert-alkyl or cyclic N) is 1. The number of aryl methyl sites for hydroxylation is 1. The predicted molar refractivity (Wildman–Crippen MR) is 99.6 cm³/mol. The van der Waals surface area contributed by atoms with Gasteiger partial charge < -0.3 is 20.6 Å². The lowest BCUT2D eigenvalue weighted by Gasteiger charge is -2.24. The van der Waals surface area contributed by atoms with E-state index in [0.717, 1.165) is 11.1 Å². The van der Waals surface area contributed by atoms with Crippen LogP contribution in [0.2, 0.25) is 0 Å². The molecular formula is C20H23N3O3. The molecule has 1 aliphatic heterocycles. The van der Waals surface area contributed by atoms with Gasteiger partial charge in [-0.15, -0.1) is 0 Å². The first-order valence-corrected chi connectivity index (χ1v) is 8.67. The largest absolute Gasteiger partial charge is 0.391 e. The summed E-state index contributed by atoms with van der Waals surface area (Å²) in [5.74, 6) is -0.256. The van der Waals surface area contributed by atoms with E-state index < -0.39 is 12.1 Å². The maximum atomic E-state index is 12.6. The van der Waals surface area contributed by atoms with Gasteiger partial charge in [-0.05, 0) is 30.2 Å². The van der Waals surface area contributed by atoms with Gasteiger partial charge in [0.25, 0.3) is 0 Å². The second-order valence-electron chi connectivity index (χ2n) is 6.50. The summed E-state index contributed by atoms with van der Waals surface area (Å²) in [5.41, 5.74) is 2.77. The number of aliphatic hydroxyl groups is 1. The van der Waals surface area contributed by atoms with Crippen LogP contribution in [0.15, 0.2) is 54.6 Å². The Kier molecular flexibility index (Phi) is 5.53. The third-order valence-electron chi connectivity index (χ3n) is 4.58. The number of carbonyl (C=O) groups is 2. The number of hydrogen-bond acceptors (Lipinski definition) is 3. The summed E-state index contributed by atoms with van der Waals surface area (Å²) in [7, 11) is 0. The zero-order chi connectivity index (χ0) is 18.5. The van der Waals surface area contributed by atoms with E-state index in [-0.39, 0.29) is 24.9 Å². The van der Waals surface area contributed by atoms with E-state index in [9.17, 15) is 14.7 Å². The van der Waals surface area contributed by atoms with Gasteiger partial charge in [0.2, 0.25) is 5.91 Å². The lowest BCUT2D eigenvalue weighted by Crippen LogP contribution is -2.47. The highest BCUT2D eigenvalue weighted by atomic mass is 16.3. The van der Waals surface area contributed by atoms with Crippen molar-refractivity contribution in [2.75, 3.05) is 11.9 Å². The summed E-state index contributed by atoms with van der Waals surface area (Å²) < 4.78 is 0. The summed E-state index contributed by atoms with van der Waals surface area (Å²) >= 11 is 0. The summed E-state index contributed by atoms with van der Waals surface area (Å²) in [6, 6.07) is 15.8. The monoisotopic (exact) mass is 353 g/mol. The molecule has 26 heavy (non-hydrogen) atoms. The van der Waals surface area contributed by atoms with Gasteiger partial charge in [0.15, 0.2) is 0 Å². The van der Waals surface area contributed by atoms with Crippen LogP contribution in [0.1, 0.15) is 17.5 Å². The third-order valence-corrected chi connectivity index (χ3v) is 4.58. The Hall–Kier alpha value is -2.86. The Bertz CT molecular complexity index is 779. The first kappa shape index (κ1) is 17.9. The number of rotatable bonds is 4. The minimum Gasteiger partial charge on any atom is -0.391 e. The van der Waals surface area contributed by atoms with E-state index in [1.165, 1.54) is 4.90 Å². The maximum Gasteiger partial charge on any atom is 0.322 e. The number of nitrogens with one attached hydrogen (secondary N) is 2. The van der Waals surface area contributed by atoms with Crippen molar-refractivity contribution in [2.24, 2.45) is 0 Å². The molecule has 6 nitrogen and oxygen atoms in total. The van der Waals surface area contributed by atoms with Gasteiger partial charge in [-0.1, -0.05) is 42.5 Å². The second-order valence-corrected chi connectivity index (χ2v) is 6.50. The van der Waals surface area contributed by atoms with Crippen LogP contribution in [-0.2, 0) is 11.3 Å². The van der Waals surface area contributed by atoms with Crippen LogP contribution in [0.4, 0.5) is 10.5 Å². The molecule has 2 aromatic rings. The second kappa shape index (κ2) is 8.01. The SMILES string of the molecule is Cc1ccccc1CNC(=O)[C@H]1C[C@H](O)CN1C(=O)Nc1ccccc1. The molecule has 1 aliphatic rings. The van der Waals surface area contributed by atoms with Gasteiger partial charge in [0.1, 0.15) is 6.04 Å². The molecule has 136 valence electrons. The van der Waals surface area contributed by atoms with E-state index in [0.29, 0.717) is 12.2 Å². The van der Waals surface area contributed by atoms with Crippen LogP contribution < -0.4 is 10.6 Å². The van der Waals surface area contributed by atoms with E-state index >= 15 is 0 Å². The molecule has 3 amide bonds. The van der Waals surface area contributed by atoms with E-state index in [4.69, 9.17) is 0 Å². The lowest BCUT2D eigenvalue weighted by atomic mass is 10.1. The van der Waals surface area contributed by atoms with Crippen LogP contribution in [-0.4, -0.2) is 40.6 Å². The zero-order valence-electron chi connectivity index (χ0n) is 14.7. The number of anilines is 1. The molecule has 6 heteroatoms. The highest BCUT2D eigenvalue weighted by molar-refractivity contribution is 5.94. The average Bonchev–Trinajstić information content (AvgIpc) is 3.04. The molecule has 1 heterocycles. The van der Waals surface area contributed by atoms with Gasteiger partial charge in [-0.3, -0.25) is 4.79 Å². The summed E-state index contributed by atoms with van der Waals surface area (Å²) in [6.45, 7) is 2.52. The molecular weight excluding hydrogens is 330 g/mol. The molecule has 0 bridgehead atoms. The van der Waals surface area contributed by atoms with Crippen molar-refractivity contribution in [1.29, 1.82) is 0 Å². The molecule has 3 N–H and O–H groups in total. The molecule has 3 rings (SSSR count). The van der Waals surface area contributed by atoms with Crippen molar-refractivity contribution in [3.05, 3.63) is 65.7 Å². The number of urea groups is 1. The zero-order valence-corrected chi connectivity index (χ0v) is 14.7. The third kappa shape index (κ3) is 4.21. The smallest absolute Gasteiger partial charge is 0.322 e. The van der Waals surface area contributed by atoms with Gasteiger partial charge in [-0.25, -0.2) is 4.79 Å². The molecule has 0 unspecified atom stereocenters. The number of likely N-dealkylation sites (tertiary alicyclic amines) is 1. The standard InChI is InChI=1S/C20H23N3O3/c1-14-7-5-6-8-15(14)12-21-19(25)18-11-17(24)13-23(18)20(26)22-16-9-3-2-4-10-16/h2-10,17-18,24H,11-13H2,1H3,(H,21,25)(H,22,26)/t17-,18+/m0/s1. The van der Waals surface area contributed by atoms with Crippen LogP contribution in [0.5, 0.6) is 0 Å². The number of amides is 3. The minimum atomic E-state index is -0.703. The molecule has 0 aromatic heterocycles. The molecule has 1 saturated heterocycles. The molecule has 2 aromatic carbocycles. The summed E-state index contributed by atoms with van der Waals surface area (Å²) in [4.78, 5) is 26.5. The molecule has 0 aliphatic carbocycles. The van der Waals surface area contributed by atoms with E-state index in [2.05, 4.69) is 10.6 Å². The van der Waals surface area contributed by atoms with Crippen molar-refractivity contribution in [2.45, 2.75) is 32.0 Å². The average molecular weight is 353 g/mol. The maximum absolute atomic E-state index is 12.6. The normalized spacial score (nSPS) is 19.2. The van der Waals surface area contributed by atoms with Gasteiger partial charge in [-0.2, -0.15) is 0 Å². The number of carbonyl (C=O) groups excluding carboxylic acids is 2. The number of para-hydroxylation sites is 1. The van der Waals surface area contributed by atoms with Gasteiger partial charge >= 0.3 is 6.03 Å². The Morgan fingerprint density at radius 3 is 2.54 bits per heavy atom. The molecule has 0 radical (unpaired) electrons. The molecule has 0 saturated carbocycles. The van der Waals surface area contributed by atoms with Crippen LogP contribution in [0.3, 0.4) is 0 Å². The number of aliphatic hydroxyl groups excluding tert-OH is 1. The molecule has 0 spiro atoms. The fourth-order valence-corrected chi connectivity index (χ4v) is 3.11. The van der Waals surface area contributed by atoms with Crippen molar-refractivity contribution in [3.8, 4) is 0 Å². The molecule has 1 fully saturated rings. The molecule has 2 atom stereocenters. The summed E-state index contributed by atoms with van der Waals surface area (Å²) in [6.07, 6.45) is -0.465. The fourth-order valence-electron chi connectivity index (χ4n) is 3.11. The van der Waals surface area contributed by atoms with Crippen LogP contribution in [0.25, 0.3) is 0 Å². The predicted octanol–water partition coefficient (Wildman–Crippen LogP) is 2.28. The lowest BCUT2D eigenvalue weighted by molar-refractivity contribution is -0.124. The number of benzene rings is 2. The van der Waals surface area contributed by atoms with Crippen LogP contribution in [0, 0.1) is 6.92 Å². The van der Waals surface area contributed by atoms with Crippen molar-refractivity contribution < 1.29 is 14.7 Å². The quantitative estimate of drug-likeness (QED) is 0.789.